The van der Waals surface area contributed by atoms with E-state index < -0.39 is 0 Å². The van der Waals surface area contributed by atoms with Crippen LogP contribution in [0.25, 0.3) is 12.2 Å². The maximum absolute atomic E-state index is 4.14. The summed E-state index contributed by atoms with van der Waals surface area (Å²) in [6, 6.07) is 4.13. The number of allylic oxidation sites excluding steroid dienone is 1. The minimum Gasteiger partial charge on any atom is -0.235 e. The highest BCUT2D eigenvalue weighted by Gasteiger charge is 2.03. The average molecular weight is 154 g/mol. The van der Waals surface area contributed by atoms with Gasteiger partial charge in [-0.25, -0.2) is 9.98 Å². The third-order valence-electron chi connectivity index (χ3n) is 2.13. The first-order valence-corrected chi connectivity index (χ1v) is 3.86. The molecule has 1 aromatic carbocycles. The highest BCUT2D eigenvalue weighted by Crippen LogP contribution is 2.08. The molecule has 1 aliphatic heterocycles. The van der Waals surface area contributed by atoms with Crippen molar-refractivity contribution in [3.63, 3.8) is 0 Å². The molecule has 0 bridgehead atoms. The van der Waals surface area contributed by atoms with Crippen molar-refractivity contribution in [2.75, 3.05) is 0 Å². The molecule has 1 aromatic rings. The maximum atomic E-state index is 4.14. The summed E-state index contributed by atoms with van der Waals surface area (Å²) in [5, 5.41) is 2.22. The van der Waals surface area contributed by atoms with Gasteiger partial charge in [0.2, 0.25) is 0 Å². The summed E-state index contributed by atoms with van der Waals surface area (Å²) in [6.07, 6.45) is 7.82. The molecule has 0 atom stereocenters. The number of rotatable bonds is 0. The van der Waals surface area contributed by atoms with E-state index >= 15 is 0 Å². The zero-order valence-electron chi connectivity index (χ0n) is 6.36. The van der Waals surface area contributed by atoms with E-state index in [9.17, 15) is 0 Å². The fourth-order valence-corrected chi connectivity index (χ4v) is 1.51. The predicted molar refractivity (Wildman–Crippen MR) is 48.9 cm³/mol. The molecule has 1 heterocycles. The van der Waals surface area contributed by atoms with Gasteiger partial charge in [0.05, 0.1) is 11.0 Å². The third kappa shape index (κ3) is 0.639. The van der Waals surface area contributed by atoms with E-state index in [1.807, 2.05) is 6.08 Å². The van der Waals surface area contributed by atoms with Crippen LogP contribution in [0.5, 0.6) is 0 Å². The van der Waals surface area contributed by atoms with Crippen LogP contribution in [0.4, 0.5) is 5.69 Å². The maximum Gasteiger partial charge on any atom is 0.116 e. The Bertz CT molecular complexity index is 472. The Morgan fingerprint density at radius 1 is 1.17 bits per heavy atom. The fourth-order valence-electron chi connectivity index (χ4n) is 1.51. The van der Waals surface area contributed by atoms with E-state index in [0.717, 1.165) is 11.0 Å². The third-order valence-corrected chi connectivity index (χ3v) is 2.13. The smallest absolute Gasteiger partial charge is 0.116 e. The Morgan fingerprint density at radius 3 is 3.17 bits per heavy atom. The van der Waals surface area contributed by atoms with Gasteiger partial charge in [-0.3, -0.25) is 0 Å². The lowest BCUT2D eigenvalue weighted by Gasteiger charge is -1.92. The van der Waals surface area contributed by atoms with Crippen LogP contribution < -0.4 is 10.6 Å². The van der Waals surface area contributed by atoms with E-state index in [4.69, 9.17) is 0 Å². The molecule has 12 heavy (non-hydrogen) atoms. The van der Waals surface area contributed by atoms with Crippen molar-refractivity contribution in [1.82, 2.24) is 0 Å². The Morgan fingerprint density at radius 2 is 2.17 bits per heavy atom. The number of hydrogen-bond acceptors (Lipinski definition) is 2. The molecular formula is C10H6N2. The van der Waals surface area contributed by atoms with Crippen LogP contribution >= 0.6 is 0 Å². The summed E-state index contributed by atoms with van der Waals surface area (Å²) in [6.45, 7) is 0. The number of aliphatic imine (C=N–C) groups is 1. The topological polar surface area (TPSA) is 24.7 Å². The van der Waals surface area contributed by atoms with Gasteiger partial charge in [0, 0.05) is 0 Å². The first kappa shape index (κ1) is 5.89. The summed E-state index contributed by atoms with van der Waals surface area (Å²) >= 11 is 0. The number of nitrogens with zero attached hydrogens (tertiary/aromatic N) is 2. The molecule has 0 radical (unpaired) electrons. The van der Waals surface area contributed by atoms with Crippen LogP contribution in [0.1, 0.15) is 5.56 Å². The van der Waals surface area contributed by atoms with Crippen LogP contribution in [0.15, 0.2) is 28.2 Å². The number of benzene rings is 1. The van der Waals surface area contributed by atoms with Gasteiger partial charge in [0.15, 0.2) is 0 Å². The molecule has 2 aliphatic rings. The highest BCUT2D eigenvalue weighted by atomic mass is 14.9. The minimum atomic E-state index is 0.980. The highest BCUT2D eigenvalue weighted by molar-refractivity contribution is 5.72. The van der Waals surface area contributed by atoms with E-state index in [1.165, 1.54) is 10.8 Å². The minimum absolute atomic E-state index is 0.980. The summed E-state index contributed by atoms with van der Waals surface area (Å²) in [7, 11) is 0. The van der Waals surface area contributed by atoms with Crippen LogP contribution in [-0.2, 0) is 0 Å². The lowest BCUT2D eigenvalue weighted by molar-refractivity contribution is 1.42. The van der Waals surface area contributed by atoms with E-state index in [0.29, 0.717) is 0 Å². The summed E-state index contributed by atoms with van der Waals surface area (Å²) in [4.78, 5) is 8.27. The Hall–Kier alpha value is -1.70. The second-order valence-corrected chi connectivity index (χ2v) is 2.87. The largest absolute Gasteiger partial charge is 0.235 e. The molecular weight excluding hydrogens is 148 g/mol. The first-order valence-electron chi connectivity index (χ1n) is 3.86. The van der Waals surface area contributed by atoms with Crippen molar-refractivity contribution >= 4 is 24.2 Å². The molecule has 0 amide bonds. The predicted octanol–water partition coefficient (Wildman–Crippen LogP) is 0.787. The van der Waals surface area contributed by atoms with Crippen molar-refractivity contribution in [2.24, 2.45) is 9.98 Å². The van der Waals surface area contributed by atoms with Crippen molar-refractivity contribution in [2.45, 2.75) is 0 Å². The zero-order valence-corrected chi connectivity index (χ0v) is 6.36. The number of fused-ring (bicyclic) bond motifs is 2. The zero-order chi connectivity index (χ0) is 7.97. The van der Waals surface area contributed by atoms with Gasteiger partial charge in [0.1, 0.15) is 6.34 Å². The van der Waals surface area contributed by atoms with Gasteiger partial charge in [-0.15, -0.1) is 0 Å². The van der Waals surface area contributed by atoms with Gasteiger partial charge in [-0.05, 0) is 22.9 Å². The molecule has 0 aromatic heterocycles. The van der Waals surface area contributed by atoms with Gasteiger partial charge in [0.25, 0.3) is 0 Å². The van der Waals surface area contributed by atoms with Crippen molar-refractivity contribution in [3.05, 3.63) is 34.3 Å². The Labute approximate surface area is 69.3 Å². The Balaban J connectivity index is 2.50. The lowest BCUT2D eigenvalue weighted by Crippen LogP contribution is -2.09. The molecule has 0 fully saturated rings. The molecule has 0 saturated carbocycles. The van der Waals surface area contributed by atoms with E-state index in [1.54, 1.807) is 6.34 Å². The molecule has 0 unspecified atom stereocenters. The summed E-state index contributed by atoms with van der Waals surface area (Å²) in [5.74, 6) is 0. The molecule has 3 rings (SSSR count). The van der Waals surface area contributed by atoms with Crippen molar-refractivity contribution < 1.29 is 0 Å². The normalized spacial score (nSPS) is 15.3. The van der Waals surface area contributed by atoms with Crippen molar-refractivity contribution in [1.29, 1.82) is 0 Å². The number of hydrogen-bond donors (Lipinski definition) is 0. The van der Waals surface area contributed by atoms with Gasteiger partial charge in [-0.1, -0.05) is 18.2 Å². The molecule has 0 spiro atoms. The molecule has 56 valence electrons. The van der Waals surface area contributed by atoms with E-state index in [2.05, 4.69) is 34.3 Å². The van der Waals surface area contributed by atoms with Crippen LogP contribution in [-0.4, -0.2) is 6.34 Å². The molecule has 1 aliphatic carbocycles. The quantitative estimate of drug-likeness (QED) is 0.527. The average Bonchev–Trinajstić information content (AvgIpc) is 2.64. The SMILES string of the molecule is C1=Cc2cc3c(cc2=C1)N=CN=3. The van der Waals surface area contributed by atoms with Crippen molar-refractivity contribution in [3.8, 4) is 0 Å². The monoisotopic (exact) mass is 154 g/mol. The summed E-state index contributed by atoms with van der Waals surface area (Å²) in [5.41, 5.74) is 2.22. The first-order chi connectivity index (χ1) is 5.93. The van der Waals surface area contributed by atoms with Crippen LogP contribution in [0, 0.1) is 0 Å². The summed E-state index contributed by atoms with van der Waals surface area (Å²) < 4.78 is 0. The van der Waals surface area contributed by atoms with Crippen LogP contribution in [0.2, 0.25) is 0 Å². The van der Waals surface area contributed by atoms with Crippen LogP contribution in [0.3, 0.4) is 0 Å². The second kappa shape index (κ2) is 1.91. The van der Waals surface area contributed by atoms with Gasteiger partial charge in [-0.2, -0.15) is 0 Å². The Kier molecular flexibility index (Phi) is 0.939. The molecule has 2 heteroatoms. The van der Waals surface area contributed by atoms with Gasteiger partial charge >= 0.3 is 0 Å². The fraction of sp³-hybridized carbons (Fsp3) is 0. The van der Waals surface area contributed by atoms with Gasteiger partial charge < -0.3 is 0 Å². The molecule has 0 N–H and O–H groups in total. The lowest BCUT2D eigenvalue weighted by atomic mass is 10.2. The van der Waals surface area contributed by atoms with E-state index in [-0.39, 0.29) is 0 Å². The molecule has 0 saturated heterocycles. The second-order valence-electron chi connectivity index (χ2n) is 2.87. The standard InChI is InChI=1S/C10H6N2/c1-2-7-4-9-10(12-6-11-9)5-8(7)3-1/h1-6H. The molecule has 2 nitrogen and oxygen atoms in total.